The molecule has 12 heavy (non-hydrogen) atoms. The van der Waals surface area contributed by atoms with Crippen molar-refractivity contribution in [2.75, 3.05) is 0 Å². The second kappa shape index (κ2) is 2.91. The van der Waals surface area contributed by atoms with Crippen LogP contribution in [0.2, 0.25) is 0 Å². The molecule has 0 aliphatic heterocycles. The molecule has 0 heterocycles. The Balaban J connectivity index is 2.67. The molecule has 1 saturated carbocycles. The third-order valence-electron chi connectivity index (χ3n) is 3.07. The van der Waals surface area contributed by atoms with E-state index < -0.39 is 17.6 Å². The van der Waals surface area contributed by atoms with E-state index in [1.807, 2.05) is 0 Å². The second-order valence-electron chi connectivity index (χ2n) is 3.59. The van der Waals surface area contributed by atoms with Gasteiger partial charge in [-0.25, -0.2) is 0 Å². The molecule has 72 valence electrons. The van der Waals surface area contributed by atoms with Crippen LogP contribution in [0.15, 0.2) is 0 Å². The summed E-state index contributed by atoms with van der Waals surface area (Å²) in [5, 5.41) is 0. The molecule has 0 aromatic heterocycles. The smallest absolute Gasteiger partial charge is 0.320 e. The zero-order valence-corrected chi connectivity index (χ0v) is 7.12. The van der Waals surface area contributed by atoms with Gasteiger partial charge in [0.25, 0.3) is 0 Å². The SMILES string of the molecule is CCC1(C(N)C(F)(F)F)CCC1. The van der Waals surface area contributed by atoms with Crippen LogP contribution in [0.4, 0.5) is 13.2 Å². The fraction of sp³-hybridized carbons (Fsp3) is 1.00. The van der Waals surface area contributed by atoms with E-state index in [0.29, 0.717) is 19.3 Å². The topological polar surface area (TPSA) is 26.0 Å². The van der Waals surface area contributed by atoms with Crippen LogP contribution in [-0.4, -0.2) is 12.2 Å². The first-order valence-electron chi connectivity index (χ1n) is 4.25. The van der Waals surface area contributed by atoms with Gasteiger partial charge in [-0.05, 0) is 24.7 Å². The van der Waals surface area contributed by atoms with Gasteiger partial charge in [0, 0.05) is 0 Å². The maximum absolute atomic E-state index is 12.2. The molecular formula is C8H14F3N. The fourth-order valence-electron chi connectivity index (χ4n) is 1.86. The summed E-state index contributed by atoms with van der Waals surface area (Å²) in [7, 11) is 0. The molecule has 0 aromatic carbocycles. The maximum Gasteiger partial charge on any atom is 0.404 e. The zero-order chi connectivity index (χ0) is 9.41. The second-order valence-corrected chi connectivity index (χ2v) is 3.59. The van der Waals surface area contributed by atoms with Gasteiger partial charge >= 0.3 is 6.18 Å². The predicted octanol–water partition coefficient (Wildman–Crippen LogP) is 2.46. The van der Waals surface area contributed by atoms with Crippen LogP contribution in [0.5, 0.6) is 0 Å². The molecule has 1 rings (SSSR count). The standard InChI is InChI=1S/C8H14F3N/c1-2-7(4-3-5-7)6(12)8(9,10)11/h6H,2-5,12H2,1H3. The molecule has 2 N–H and O–H groups in total. The third kappa shape index (κ3) is 1.44. The van der Waals surface area contributed by atoms with Crippen LogP contribution in [0.1, 0.15) is 32.6 Å². The first-order valence-corrected chi connectivity index (χ1v) is 4.25. The van der Waals surface area contributed by atoms with Crippen molar-refractivity contribution in [2.45, 2.75) is 44.8 Å². The highest BCUT2D eigenvalue weighted by Crippen LogP contribution is 2.49. The van der Waals surface area contributed by atoms with Crippen molar-refractivity contribution in [1.82, 2.24) is 0 Å². The fourth-order valence-corrected chi connectivity index (χ4v) is 1.86. The van der Waals surface area contributed by atoms with Gasteiger partial charge in [-0.15, -0.1) is 0 Å². The number of nitrogens with two attached hydrogens (primary N) is 1. The van der Waals surface area contributed by atoms with Crippen LogP contribution in [0, 0.1) is 5.41 Å². The minimum atomic E-state index is -4.23. The van der Waals surface area contributed by atoms with Crippen LogP contribution >= 0.6 is 0 Å². The Morgan fingerprint density at radius 3 is 2.00 bits per heavy atom. The lowest BCUT2D eigenvalue weighted by atomic mass is 9.62. The molecule has 0 aromatic rings. The highest BCUT2D eigenvalue weighted by molar-refractivity contribution is 4.98. The largest absolute Gasteiger partial charge is 0.404 e. The van der Waals surface area contributed by atoms with Crippen molar-refractivity contribution in [2.24, 2.45) is 11.1 Å². The summed E-state index contributed by atoms with van der Waals surface area (Å²) < 4.78 is 36.7. The van der Waals surface area contributed by atoms with Crippen LogP contribution in [0.25, 0.3) is 0 Å². The molecule has 1 atom stereocenters. The summed E-state index contributed by atoms with van der Waals surface area (Å²) in [6.07, 6.45) is -1.55. The Labute approximate surface area is 70.1 Å². The lowest BCUT2D eigenvalue weighted by Gasteiger charge is -2.46. The summed E-state index contributed by atoms with van der Waals surface area (Å²) in [6, 6.07) is -1.62. The van der Waals surface area contributed by atoms with Crippen molar-refractivity contribution in [3.63, 3.8) is 0 Å². The maximum atomic E-state index is 12.2. The lowest BCUT2D eigenvalue weighted by molar-refractivity contribution is -0.187. The molecule has 1 nitrogen and oxygen atoms in total. The van der Waals surface area contributed by atoms with Crippen LogP contribution < -0.4 is 5.73 Å². The summed E-state index contributed by atoms with van der Waals surface area (Å²) in [4.78, 5) is 0. The molecule has 1 aliphatic carbocycles. The molecular weight excluding hydrogens is 167 g/mol. The summed E-state index contributed by atoms with van der Waals surface area (Å²) in [6.45, 7) is 1.78. The van der Waals surface area contributed by atoms with Gasteiger partial charge in [0.2, 0.25) is 0 Å². The minimum Gasteiger partial charge on any atom is -0.320 e. The Bertz CT molecular complexity index is 155. The normalized spacial score (nSPS) is 24.8. The number of alkyl halides is 3. The van der Waals surface area contributed by atoms with Crippen molar-refractivity contribution in [1.29, 1.82) is 0 Å². The monoisotopic (exact) mass is 181 g/mol. The third-order valence-corrected chi connectivity index (χ3v) is 3.07. The summed E-state index contributed by atoms with van der Waals surface area (Å²) >= 11 is 0. The van der Waals surface area contributed by atoms with Crippen molar-refractivity contribution in [3.05, 3.63) is 0 Å². The molecule has 0 bridgehead atoms. The van der Waals surface area contributed by atoms with Gasteiger partial charge in [-0.3, -0.25) is 0 Å². The highest BCUT2D eigenvalue weighted by atomic mass is 19.4. The van der Waals surface area contributed by atoms with E-state index in [2.05, 4.69) is 0 Å². The predicted molar refractivity (Wildman–Crippen MR) is 40.6 cm³/mol. The van der Waals surface area contributed by atoms with Gasteiger partial charge in [0.05, 0.1) is 0 Å². The Morgan fingerprint density at radius 1 is 1.42 bits per heavy atom. The molecule has 0 amide bonds. The Kier molecular flexibility index (Phi) is 2.38. The molecule has 0 spiro atoms. The Morgan fingerprint density at radius 2 is 1.92 bits per heavy atom. The lowest BCUT2D eigenvalue weighted by Crippen LogP contribution is -2.54. The average molecular weight is 181 g/mol. The quantitative estimate of drug-likeness (QED) is 0.695. The van der Waals surface area contributed by atoms with Crippen molar-refractivity contribution >= 4 is 0 Å². The van der Waals surface area contributed by atoms with Crippen molar-refractivity contribution in [3.8, 4) is 0 Å². The van der Waals surface area contributed by atoms with Gasteiger partial charge in [-0.1, -0.05) is 13.3 Å². The number of halogens is 3. The number of hydrogen-bond acceptors (Lipinski definition) is 1. The van der Waals surface area contributed by atoms with Gasteiger partial charge in [0.15, 0.2) is 0 Å². The number of rotatable bonds is 2. The van der Waals surface area contributed by atoms with Crippen LogP contribution in [0.3, 0.4) is 0 Å². The molecule has 0 radical (unpaired) electrons. The molecule has 1 unspecified atom stereocenters. The van der Waals surface area contributed by atoms with Gasteiger partial charge < -0.3 is 5.73 Å². The highest BCUT2D eigenvalue weighted by Gasteiger charge is 2.52. The van der Waals surface area contributed by atoms with Crippen LogP contribution in [-0.2, 0) is 0 Å². The van der Waals surface area contributed by atoms with E-state index in [1.54, 1.807) is 6.92 Å². The average Bonchev–Trinajstić information content (AvgIpc) is 1.84. The number of hydrogen-bond donors (Lipinski definition) is 1. The summed E-state index contributed by atoms with van der Waals surface area (Å²) in [5.74, 6) is 0. The van der Waals surface area contributed by atoms with Gasteiger partial charge in [0.1, 0.15) is 6.04 Å². The van der Waals surface area contributed by atoms with Gasteiger partial charge in [-0.2, -0.15) is 13.2 Å². The van der Waals surface area contributed by atoms with E-state index in [4.69, 9.17) is 5.73 Å². The van der Waals surface area contributed by atoms with Crippen molar-refractivity contribution < 1.29 is 13.2 Å². The molecule has 0 saturated heterocycles. The first-order chi connectivity index (χ1) is 5.42. The van der Waals surface area contributed by atoms with E-state index in [9.17, 15) is 13.2 Å². The van der Waals surface area contributed by atoms with E-state index in [0.717, 1.165) is 6.42 Å². The molecule has 1 fully saturated rings. The first kappa shape index (κ1) is 9.84. The zero-order valence-electron chi connectivity index (χ0n) is 7.12. The molecule has 1 aliphatic rings. The minimum absolute atomic E-state index is 0.535. The van der Waals surface area contributed by atoms with E-state index >= 15 is 0 Å². The molecule has 4 heteroatoms. The summed E-state index contributed by atoms with van der Waals surface area (Å²) in [5.41, 5.74) is 4.54. The Hall–Kier alpha value is -0.250. The van der Waals surface area contributed by atoms with E-state index in [-0.39, 0.29) is 0 Å². The van der Waals surface area contributed by atoms with E-state index in [1.165, 1.54) is 0 Å².